The second-order valence-corrected chi connectivity index (χ2v) is 4.13. The lowest BCUT2D eigenvalue weighted by Crippen LogP contribution is -2.15. The summed E-state index contributed by atoms with van der Waals surface area (Å²) in [5.74, 6) is 0.483. The topological polar surface area (TPSA) is 82.5 Å². The Hall–Kier alpha value is -2.89. The number of nitrogens with two attached hydrogens (primary N) is 1. The third-order valence-corrected chi connectivity index (χ3v) is 2.93. The number of aromatic nitrogens is 3. The van der Waals surface area contributed by atoms with Crippen molar-refractivity contribution in [3.63, 3.8) is 0 Å². The second-order valence-electron chi connectivity index (χ2n) is 4.13. The van der Waals surface area contributed by atoms with E-state index in [4.69, 9.17) is 10.5 Å². The van der Waals surface area contributed by atoms with E-state index in [-0.39, 0.29) is 5.69 Å². The van der Waals surface area contributed by atoms with Crippen LogP contribution >= 0.6 is 0 Å². The zero-order chi connectivity index (χ0) is 14.1. The minimum absolute atomic E-state index is 0.287. The molecule has 0 atom stereocenters. The van der Waals surface area contributed by atoms with Crippen LogP contribution in [0.5, 0.6) is 5.75 Å². The Morgan fingerprint density at radius 3 is 3.05 bits per heavy atom. The average molecular weight is 267 g/mol. The number of hydrogen-bond donors (Lipinski definition) is 1. The zero-order valence-corrected chi connectivity index (χ0v) is 10.7. The molecule has 2 heterocycles. The average Bonchev–Trinajstić information content (AvgIpc) is 2.87. The summed E-state index contributed by atoms with van der Waals surface area (Å²) >= 11 is 0. The van der Waals surface area contributed by atoms with E-state index in [1.807, 2.05) is 18.2 Å². The molecule has 0 saturated carbocycles. The Kier molecular flexibility index (Phi) is 2.83. The summed E-state index contributed by atoms with van der Waals surface area (Å²) < 4.78 is 6.73. The third kappa shape index (κ3) is 1.87. The molecule has 99 valence electrons. The molecule has 6 heteroatoms. The van der Waals surface area contributed by atoms with Gasteiger partial charge in [0, 0.05) is 11.8 Å². The van der Waals surface area contributed by atoms with Gasteiger partial charge in [0.15, 0.2) is 0 Å². The van der Waals surface area contributed by atoms with Gasteiger partial charge in [-0.15, -0.1) is 0 Å². The molecular formula is C14H11N4O2. The normalized spacial score (nSPS) is 10.7. The maximum atomic E-state index is 11.7. The lowest BCUT2D eigenvalue weighted by molar-refractivity contribution is 0.0995. The van der Waals surface area contributed by atoms with Crippen molar-refractivity contribution < 1.29 is 9.53 Å². The molecule has 3 aromatic rings. The SMILES string of the molecule is COc1cccc(-c2nc3n[c]ccn3c2C(N)=O)c1. The van der Waals surface area contributed by atoms with Crippen molar-refractivity contribution in [3.05, 3.63) is 48.4 Å². The van der Waals surface area contributed by atoms with Crippen LogP contribution in [0.25, 0.3) is 17.0 Å². The first-order chi connectivity index (χ1) is 9.70. The van der Waals surface area contributed by atoms with Crippen molar-refractivity contribution in [1.29, 1.82) is 0 Å². The molecule has 1 radical (unpaired) electrons. The third-order valence-electron chi connectivity index (χ3n) is 2.93. The van der Waals surface area contributed by atoms with Gasteiger partial charge < -0.3 is 10.5 Å². The van der Waals surface area contributed by atoms with Gasteiger partial charge in [-0.05, 0) is 18.2 Å². The van der Waals surface area contributed by atoms with Gasteiger partial charge in [0.2, 0.25) is 5.78 Å². The monoisotopic (exact) mass is 267 g/mol. The molecule has 0 aliphatic carbocycles. The van der Waals surface area contributed by atoms with Gasteiger partial charge in [0.1, 0.15) is 17.1 Å². The molecule has 1 aromatic carbocycles. The molecule has 6 nitrogen and oxygen atoms in total. The number of hydrogen-bond acceptors (Lipinski definition) is 4. The Morgan fingerprint density at radius 1 is 1.45 bits per heavy atom. The molecule has 0 saturated heterocycles. The molecule has 3 rings (SSSR count). The molecule has 0 bridgehead atoms. The van der Waals surface area contributed by atoms with Gasteiger partial charge in [0.25, 0.3) is 5.91 Å². The molecule has 0 aliphatic rings. The minimum Gasteiger partial charge on any atom is -0.497 e. The van der Waals surface area contributed by atoms with Crippen LogP contribution in [0.4, 0.5) is 0 Å². The van der Waals surface area contributed by atoms with Crippen molar-refractivity contribution >= 4 is 11.7 Å². The van der Waals surface area contributed by atoms with E-state index >= 15 is 0 Å². The van der Waals surface area contributed by atoms with Crippen LogP contribution in [0, 0.1) is 6.20 Å². The van der Waals surface area contributed by atoms with Crippen LogP contribution in [0.1, 0.15) is 10.5 Å². The molecule has 0 unspecified atom stereocenters. The zero-order valence-electron chi connectivity index (χ0n) is 10.7. The summed E-state index contributed by atoms with van der Waals surface area (Å²) in [4.78, 5) is 20.1. The first-order valence-corrected chi connectivity index (χ1v) is 5.90. The molecule has 0 fully saturated rings. The van der Waals surface area contributed by atoms with Crippen molar-refractivity contribution in [1.82, 2.24) is 14.4 Å². The van der Waals surface area contributed by atoms with E-state index in [0.29, 0.717) is 17.2 Å². The first kappa shape index (κ1) is 12.2. The minimum atomic E-state index is -0.566. The molecule has 0 aliphatic heterocycles. The Labute approximate surface area is 114 Å². The van der Waals surface area contributed by atoms with Gasteiger partial charge in [-0.3, -0.25) is 9.20 Å². The number of rotatable bonds is 3. The molecular weight excluding hydrogens is 256 g/mol. The van der Waals surface area contributed by atoms with Crippen molar-refractivity contribution in [2.45, 2.75) is 0 Å². The van der Waals surface area contributed by atoms with Crippen molar-refractivity contribution in [2.75, 3.05) is 7.11 Å². The molecule has 20 heavy (non-hydrogen) atoms. The predicted molar refractivity (Wildman–Crippen MR) is 72.3 cm³/mol. The fourth-order valence-corrected chi connectivity index (χ4v) is 2.05. The second kappa shape index (κ2) is 4.65. The van der Waals surface area contributed by atoms with Crippen LogP contribution in [-0.4, -0.2) is 27.4 Å². The maximum absolute atomic E-state index is 11.7. The molecule has 2 N–H and O–H groups in total. The highest BCUT2D eigenvalue weighted by atomic mass is 16.5. The largest absolute Gasteiger partial charge is 0.497 e. The predicted octanol–water partition coefficient (Wildman–Crippen LogP) is 1.30. The summed E-state index contributed by atoms with van der Waals surface area (Å²) in [5.41, 5.74) is 6.97. The molecule has 0 spiro atoms. The Balaban J connectivity index is 2.29. The summed E-state index contributed by atoms with van der Waals surface area (Å²) in [6, 6.07) is 8.85. The Bertz CT molecular complexity index is 795. The standard InChI is InChI=1S/C14H11N4O2/c1-20-10-5-2-4-9(8-10)11-12(13(15)19)18-7-3-6-16-14(18)17-11/h2-5,7-8H,1H3,(H2,15,19). The lowest BCUT2D eigenvalue weighted by Gasteiger charge is -2.03. The number of imidazole rings is 1. The highest BCUT2D eigenvalue weighted by Gasteiger charge is 2.19. The van der Waals surface area contributed by atoms with E-state index in [9.17, 15) is 4.79 Å². The van der Waals surface area contributed by atoms with Gasteiger partial charge in [-0.25, -0.2) is 9.97 Å². The fourth-order valence-electron chi connectivity index (χ4n) is 2.05. The Morgan fingerprint density at radius 2 is 2.30 bits per heavy atom. The lowest BCUT2D eigenvalue weighted by atomic mass is 10.1. The molecule has 1 amide bonds. The fraction of sp³-hybridized carbons (Fsp3) is 0.0714. The number of methoxy groups -OCH3 is 1. The van der Waals surface area contributed by atoms with E-state index in [1.165, 1.54) is 0 Å². The van der Waals surface area contributed by atoms with Gasteiger partial charge in [-0.1, -0.05) is 12.1 Å². The number of nitrogens with zero attached hydrogens (tertiary/aromatic N) is 3. The van der Waals surface area contributed by atoms with E-state index < -0.39 is 5.91 Å². The number of fused-ring (bicyclic) bond motifs is 1. The van der Waals surface area contributed by atoms with Gasteiger partial charge in [-0.2, -0.15) is 0 Å². The first-order valence-electron chi connectivity index (χ1n) is 5.90. The van der Waals surface area contributed by atoms with E-state index in [0.717, 1.165) is 5.56 Å². The number of benzene rings is 1. The quantitative estimate of drug-likeness (QED) is 0.775. The highest BCUT2D eigenvalue weighted by molar-refractivity contribution is 5.98. The number of carbonyl (C=O) groups is 1. The van der Waals surface area contributed by atoms with Crippen LogP contribution in [0.15, 0.2) is 36.5 Å². The smallest absolute Gasteiger partial charge is 0.268 e. The number of amides is 1. The summed E-state index contributed by atoms with van der Waals surface area (Å²) in [6.45, 7) is 0. The van der Waals surface area contributed by atoms with Crippen LogP contribution < -0.4 is 10.5 Å². The summed E-state index contributed by atoms with van der Waals surface area (Å²) in [5, 5.41) is 0. The van der Waals surface area contributed by atoms with Crippen LogP contribution in [0.3, 0.4) is 0 Å². The van der Waals surface area contributed by atoms with Crippen molar-refractivity contribution in [2.24, 2.45) is 5.73 Å². The van der Waals surface area contributed by atoms with Crippen LogP contribution in [-0.2, 0) is 0 Å². The maximum Gasteiger partial charge on any atom is 0.268 e. The van der Waals surface area contributed by atoms with E-state index in [1.54, 1.807) is 29.8 Å². The highest BCUT2D eigenvalue weighted by Crippen LogP contribution is 2.26. The summed E-state index contributed by atoms with van der Waals surface area (Å²) in [7, 11) is 1.58. The van der Waals surface area contributed by atoms with Gasteiger partial charge in [0.05, 0.1) is 13.3 Å². The van der Waals surface area contributed by atoms with Crippen LogP contribution in [0.2, 0.25) is 0 Å². The number of ether oxygens (including phenoxy) is 1. The number of carbonyl (C=O) groups excluding carboxylic acids is 1. The van der Waals surface area contributed by atoms with Gasteiger partial charge >= 0.3 is 0 Å². The molecule has 2 aromatic heterocycles. The van der Waals surface area contributed by atoms with E-state index in [2.05, 4.69) is 16.2 Å². The van der Waals surface area contributed by atoms with Crippen molar-refractivity contribution in [3.8, 4) is 17.0 Å². The number of primary amides is 1. The summed E-state index contributed by atoms with van der Waals surface area (Å²) in [6.07, 6.45) is 4.33.